The molecule has 1 aromatic carbocycles. The molecule has 10 nitrogen and oxygen atoms in total. The number of nitrogens with zero attached hydrogens (tertiary/aromatic N) is 5. The molecule has 2 N–H and O–H groups in total. The predicted octanol–water partition coefficient (Wildman–Crippen LogP) is 5.17. The van der Waals surface area contributed by atoms with Crippen molar-refractivity contribution in [1.82, 2.24) is 25.0 Å². The fourth-order valence-electron chi connectivity index (χ4n) is 6.87. The standard InChI is InChI=1S/C36H55FN6O4Si/c1-24-18-38-14-15-40(24)20-29-21-42(34(45)46)25(2)19-41(29)22-31(44)43-23-36(6,7)32-30(43)17-27(16-26-10-12-28(37)13-11-26)33(39-32)47-48(8,9)35(3,4)5/h10-13,17,24-25,29,38H,14-16,18-23H2,1-9H3,(H,45,46)/t24-,25-,29+/m1/s1. The van der Waals surface area contributed by atoms with Crippen LogP contribution in [0.25, 0.3) is 0 Å². The van der Waals surface area contributed by atoms with Gasteiger partial charge in [0.25, 0.3) is 8.32 Å². The largest absolute Gasteiger partial charge is 0.530 e. The maximum Gasteiger partial charge on any atom is 0.407 e. The van der Waals surface area contributed by atoms with Crippen LogP contribution in [0.4, 0.5) is 14.9 Å². The van der Waals surface area contributed by atoms with Crippen molar-refractivity contribution >= 4 is 26.0 Å². The number of piperazine rings is 2. The lowest BCUT2D eigenvalue weighted by molar-refractivity contribution is -0.121. The zero-order chi connectivity index (χ0) is 35.2. The molecule has 12 heteroatoms. The molecule has 264 valence electrons. The molecule has 3 atom stereocenters. The number of carboxylic acid groups (broad SMARTS) is 1. The Morgan fingerprint density at radius 1 is 1.10 bits per heavy atom. The quantitative estimate of drug-likeness (QED) is 0.368. The van der Waals surface area contributed by atoms with Gasteiger partial charge in [-0.1, -0.05) is 46.8 Å². The van der Waals surface area contributed by atoms with E-state index in [1.54, 1.807) is 12.1 Å². The van der Waals surface area contributed by atoms with Crippen molar-refractivity contribution in [2.45, 2.75) is 96.6 Å². The summed E-state index contributed by atoms with van der Waals surface area (Å²) in [6.07, 6.45) is -0.426. The molecule has 0 spiro atoms. The second kappa shape index (κ2) is 13.7. The van der Waals surface area contributed by atoms with E-state index in [-0.39, 0.29) is 35.4 Å². The maximum atomic E-state index is 14.4. The molecule has 2 saturated heterocycles. The summed E-state index contributed by atoms with van der Waals surface area (Å²) in [5, 5.41) is 13.3. The number of hydrogen-bond acceptors (Lipinski definition) is 7. The van der Waals surface area contributed by atoms with Gasteiger partial charge in [0.1, 0.15) is 5.82 Å². The summed E-state index contributed by atoms with van der Waals surface area (Å²) in [6.45, 7) is 24.2. The Bertz CT molecular complexity index is 1500. The van der Waals surface area contributed by atoms with E-state index in [4.69, 9.17) is 9.41 Å². The van der Waals surface area contributed by atoms with E-state index in [0.717, 1.165) is 42.1 Å². The van der Waals surface area contributed by atoms with Crippen molar-refractivity contribution in [3.63, 3.8) is 0 Å². The number of carbonyl (C=O) groups is 2. The topological polar surface area (TPSA) is 101 Å². The highest BCUT2D eigenvalue weighted by molar-refractivity contribution is 6.74. The fourth-order valence-corrected chi connectivity index (χ4v) is 7.83. The third-order valence-electron chi connectivity index (χ3n) is 10.9. The minimum Gasteiger partial charge on any atom is -0.530 e. The van der Waals surface area contributed by atoms with Gasteiger partial charge in [0, 0.05) is 81.3 Å². The average Bonchev–Trinajstić information content (AvgIpc) is 3.25. The van der Waals surface area contributed by atoms with E-state index in [1.165, 1.54) is 17.0 Å². The van der Waals surface area contributed by atoms with Gasteiger partial charge in [-0.05, 0) is 55.7 Å². The molecule has 3 aliphatic heterocycles. The number of pyridine rings is 1. The SMILES string of the molecule is C[C@@H]1CNCCN1C[C@H]1CN(C(=O)O)[C@H](C)CN1CC(=O)N1CC(C)(C)c2nc(O[Si](C)(C)C(C)(C)C)c(Cc3ccc(F)cc3)cc21. The molecule has 0 saturated carbocycles. The summed E-state index contributed by atoms with van der Waals surface area (Å²) in [4.78, 5) is 39.7. The zero-order valence-corrected chi connectivity index (χ0v) is 31.3. The number of halogens is 1. The normalized spacial score (nSPS) is 23.7. The minimum atomic E-state index is -2.27. The second-order valence-electron chi connectivity index (χ2n) is 16.3. The average molecular weight is 683 g/mol. The molecule has 3 aliphatic rings. The molecule has 48 heavy (non-hydrogen) atoms. The van der Waals surface area contributed by atoms with Gasteiger partial charge in [0.05, 0.1) is 17.9 Å². The van der Waals surface area contributed by atoms with Crippen LogP contribution in [0.3, 0.4) is 0 Å². The summed E-state index contributed by atoms with van der Waals surface area (Å²) in [6, 6.07) is 8.54. The molecule has 0 bridgehead atoms. The first-order valence-electron chi connectivity index (χ1n) is 17.3. The molecule has 2 fully saturated rings. The molecular formula is C36H55FN6O4Si. The van der Waals surface area contributed by atoms with E-state index >= 15 is 0 Å². The van der Waals surface area contributed by atoms with Gasteiger partial charge in [-0.25, -0.2) is 14.2 Å². The number of fused-ring (bicyclic) bond motifs is 1. The summed E-state index contributed by atoms with van der Waals surface area (Å²) in [7, 11) is -2.27. The molecule has 2 amide bonds. The van der Waals surface area contributed by atoms with E-state index < -0.39 is 19.8 Å². The molecule has 0 radical (unpaired) electrons. The van der Waals surface area contributed by atoms with E-state index in [2.05, 4.69) is 75.8 Å². The van der Waals surface area contributed by atoms with E-state index in [9.17, 15) is 19.1 Å². The molecule has 2 aromatic rings. The van der Waals surface area contributed by atoms with Crippen LogP contribution in [0.2, 0.25) is 18.1 Å². The number of amides is 2. The predicted molar refractivity (Wildman–Crippen MR) is 190 cm³/mol. The Morgan fingerprint density at radius 3 is 2.42 bits per heavy atom. The van der Waals surface area contributed by atoms with Gasteiger partial charge in [-0.3, -0.25) is 14.6 Å². The first-order valence-corrected chi connectivity index (χ1v) is 20.2. The molecule has 4 heterocycles. The summed E-state index contributed by atoms with van der Waals surface area (Å²) < 4.78 is 20.6. The Hall–Kier alpha value is -3.06. The van der Waals surface area contributed by atoms with Crippen molar-refractivity contribution in [3.05, 3.63) is 53.0 Å². The summed E-state index contributed by atoms with van der Waals surface area (Å²) >= 11 is 0. The Labute approximate surface area is 286 Å². The van der Waals surface area contributed by atoms with Gasteiger partial charge in [0.2, 0.25) is 11.8 Å². The van der Waals surface area contributed by atoms with Crippen LogP contribution >= 0.6 is 0 Å². The van der Waals surface area contributed by atoms with E-state index in [1.807, 2.05) is 11.8 Å². The minimum absolute atomic E-state index is 0.0243. The van der Waals surface area contributed by atoms with Crippen molar-refractivity contribution < 1.29 is 23.5 Å². The van der Waals surface area contributed by atoms with Crippen molar-refractivity contribution in [2.24, 2.45) is 0 Å². The fraction of sp³-hybridized carbons (Fsp3) is 0.639. The van der Waals surface area contributed by atoms with Crippen LogP contribution < -0.4 is 14.6 Å². The Balaban J connectivity index is 1.47. The monoisotopic (exact) mass is 682 g/mol. The number of aromatic nitrogens is 1. The maximum absolute atomic E-state index is 14.4. The van der Waals surface area contributed by atoms with Crippen molar-refractivity contribution in [3.8, 4) is 5.88 Å². The first-order chi connectivity index (χ1) is 22.4. The van der Waals surface area contributed by atoms with Gasteiger partial charge in [-0.2, -0.15) is 0 Å². The zero-order valence-electron chi connectivity index (χ0n) is 30.3. The number of anilines is 1. The Kier molecular flexibility index (Phi) is 10.3. The lowest BCUT2D eigenvalue weighted by atomic mass is 9.91. The van der Waals surface area contributed by atoms with Crippen LogP contribution in [0.15, 0.2) is 30.3 Å². The number of nitrogens with one attached hydrogen (secondary N) is 1. The number of hydrogen-bond donors (Lipinski definition) is 2. The summed E-state index contributed by atoms with van der Waals surface area (Å²) in [5.41, 5.74) is 3.02. The first kappa shape index (κ1) is 36.2. The highest BCUT2D eigenvalue weighted by atomic mass is 28.4. The molecule has 0 unspecified atom stereocenters. The smallest absolute Gasteiger partial charge is 0.407 e. The third-order valence-corrected chi connectivity index (χ3v) is 15.2. The molecule has 0 aliphatic carbocycles. The number of benzene rings is 1. The molecule has 5 rings (SSSR count). The van der Waals surface area contributed by atoms with Crippen LogP contribution in [-0.4, -0.2) is 116 Å². The lowest BCUT2D eigenvalue weighted by Crippen LogP contribution is -2.64. The third kappa shape index (κ3) is 7.71. The number of rotatable bonds is 8. The van der Waals surface area contributed by atoms with Crippen molar-refractivity contribution in [2.75, 3.05) is 57.3 Å². The molecule has 1 aromatic heterocycles. The van der Waals surface area contributed by atoms with Crippen molar-refractivity contribution in [1.29, 1.82) is 0 Å². The second-order valence-corrected chi connectivity index (χ2v) is 21.0. The molecular weight excluding hydrogens is 628 g/mol. The van der Waals surface area contributed by atoms with Crippen LogP contribution in [0.1, 0.15) is 65.3 Å². The van der Waals surface area contributed by atoms with Crippen LogP contribution in [-0.2, 0) is 16.6 Å². The van der Waals surface area contributed by atoms with Gasteiger partial charge in [-0.15, -0.1) is 0 Å². The van der Waals surface area contributed by atoms with Gasteiger partial charge >= 0.3 is 6.09 Å². The highest BCUT2D eigenvalue weighted by Crippen LogP contribution is 2.44. The van der Waals surface area contributed by atoms with Gasteiger partial charge in [0.15, 0.2) is 0 Å². The summed E-state index contributed by atoms with van der Waals surface area (Å²) in [5.74, 6) is 0.282. The number of carbonyl (C=O) groups excluding carboxylic acids is 1. The lowest BCUT2D eigenvalue weighted by Gasteiger charge is -2.47. The Morgan fingerprint density at radius 2 is 1.79 bits per heavy atom. The highest BCUT2D eigenvalue weighted by Gasteiger charge is 2.45. The van der Waals surface area contributed by atoms with Gasteiger partial charge < -0.3 is 24.6 Å². The van der Waals surface area contributed by atoms with Crippen LogP contribution in [0, 0.1) is 5.82 Å². The van der Waals surface area contributed by atoms with E-state index in [0.29, 0.717) is 44.5 Å². The van der Waals surface area contributed by atoms with Crippen LogP contribution in [0.5, 0.6) is 5.88 Å².